The molecule has 0 radical (unpaired) electrons. The Morgan fingerprint density at radius 1 is 1.19 bits per heavy atom. The van der Waals surface area contributed by atoms with E-state index in [0.717, 1.165) is 54.1 Å². The number of halogens is 1. The molecule has 2 fully saturated rings. The molecular weight excluding hydrogens is 346 g/mol. The van der Waals surface area contributed by atoms with Gasteiger partial charge in [0.15, 0.2) is 5.78 Å². The van der Waals surface area contributed by atoms with Crippen LogP contribution in [0, 0.1) is 22.7 Å². The zero-order chi connectivity index (χ0) is 18.7. The third-order valence-electron chi connectivity index (χ3n) is 7.19. The number of carbonyl (C=O) groups is 1. The minimum Gasteiger partial charge on any atom is -0.381 e. The van der Waals surface area contributed by atoms with Crippen molar-refractivity contribution in [1.29, 1.82) is 0 Å². The van der Waals surface area contributed by atoms with Gasteiger partial charge < -0.3 is 9.30 Å². The summed E-state index contributed by atoms with van der Waals surface area (Å²) in [5.41, 5.74) is 2.02. The number of rotatable bonds is 4. The Morgan fingerprint density at radius 2 is 1.85 bits per heavy atom. The zero-order valence-corrected chi connectivity index (χ0v) is 16.9. The number of nitrogens with zero attached hydrogens (tertiary/aromatic N) is 1. The summed E-state index contributed by atoms with van der Waals surface area (Å²) in [6.45, 7) is 11.4. The molecule has 140 valence electrons. The SMILES string of the molecule is CC1(C)C(C(=O)c2cn(CC3CCOCC3)c3cc(Cl)ccc23)C1(C)C. The molecule has 1 aliphatic heterocycles. The van der Waals surface area contributed by atoms with E-state index < -0.39 is 0 Å². The van der Waals surface area contributed by atoms with Gasteiger partial charge in [-0.05, 0) is 41.7 Å². The summed E-state index contributed by atoms with van der Waals surface area (Å²) in [6.07, 6.45) is 4.22. The van der Waals surface area contributed by atoms with E-state index in [1.807, 2.05) is 18.2 Å². The number of ether oxygens (including phenoxy) is 1. The van der Waals surface area contributed by atoms with Gasteiger partial charge in [-0.2, -0.15) is 0 Å². The molecule has 26 heavy (non-hydrogen) atoms. The van der Waals surface area contributed by atoms with Gasteiger partial charge in [-0.15, -0.1) is 0 Å². The normalized spacial score (nSPS) is 22.7. The van der Waals surface area contributed by atoms with E-state index in [1.54, 1.807) is 0 Å². The fourth-order valence-electron chi connectivity index (χ4n) is 4.83. The van der Waals surface area contributed by atoms with Crippen molar-refractivity contribution in [2.45, 2.75) is 47.1 Å². The molecule has 0 spiro atoms. The molecule has 0 bridgehead atoms. The molecule has 1 aliphatic carbocycles. The third kappa shape index (κ3) is 2.71. The Hall–Kier alpha value is -1.32. The molecule has 2 aromatic rings. The highest BCUT2D eigenvalue weighted by molar-refractivity contribution is 6.31. The van der Waals surface area contributed by atoms with E-state index in [0.29, 0.717) is 5.92 Å². The summed E-state index contributed by atoms with van der Waals surface area (Å²) in [4.78, 5) is 13.4. The first-order chi connectivity index (χ1) is 12.2. The van der Waals surface area contributed by atoms with Gasteiger partial charge in [-0.1, -0.05) is 45.4 Å². The lowest BCUT2D eigenvalue weighted by atomic mass is 10.0. The average Bonchev–Trinajstić information content (AvgIpc) is 2.86. The maximum Gasteiger partial charge on any atom is 0.169 e. The first kappa shape index (κ1) is 18.1. The van der Waals surface area contributed by atoms with E-state index in [-0.39, 0.29) is 22.5 Å². The molecule has 1 aromatic carbocycles. The van der Waals surface area contributed by atoms with Crippen molar-refractivity contribution in [2.75, 3.05) is 13.2 Å². The van der Waals surface area contributed by atoms with Crippen LogP contribution >= 0.6 is 11.6 Å². The maximum absolute atomic E-state index is 13.4. The van der Waals surface area contributed by atoms with Crippen LogP contribution in [0.3, 0.4) is 0 Å². The fraction of sp³-hybridized carbons (Fsp3) is 0.591. The van der Waals surface area contributed by atoms with Crippen LogP contribution < -0.4 is 0 Å². The zero-order valence-electron chi connectivity index (χ0n) is 16.1. The largest absolute Gasteiger partial charge is 0.381 e. The third-order valence-corrected chi connectivity index (χ3v) is 7.42. The highest BCUT2D eigenvalue weighted by Crippen LogP contribution is 2.69. The summed E-state index contributed by atoms with van der Waals surface area (Å²) in [5, 5.41) is 1.75. The minimum absolute atomic E-state index is 0.0473. The van der Waals surface area contributed by atoms with Gasteiger partial charge in [-0.25, -0.2) is 0 Å². The summed E-state index contributed by atoms with van der Waals surface area (Å²) in [6, 6.07) is 5.90. The molecule has 0 unspecified atom stereocenters. The number of fused-ring (bicyclic) bond motifs is 1. The Bertz CT molecular complexity index is 844. The Kier molecular flexibility index (Phi) is 4.24. The van der Waals surface area contributed by atoms with Gasteiger partial charge in [0.25, 0.3) is 0 Å². The van der Waals surface area contributed by atoms with Crippen LogP contribution in [-0.2, 0) is 11.3 Å². The second-order valence-electron chi connectivity index (χ2n) is 9.15. The van der Waals surface area contributed by atoms with Crippen LogP contribution in [0.2, 0.25) is 5.02 Å². The first-order valence-electron chi connectivity index (χ1n) is 9.64. The van der Waals surface area contributed by atoms with Crippen molar-refractivity contribution >= 4 is 28.3 Å². The number of benzene rings is 1. The summed E-state index contributed by atoms with van der Waals surface area (Å²) in [5.74, 6) is 0.945. The highest BCUT2D eigenvalue weighted by atomic mass is 35.5. The van der Waals surface area contributed by atoms with Crippen LogP contribution in [0.1, 0.15) is 50.9 Å². The molecule has 2 heterocycles. The molecule has 0 N–H and O–H groups in total. The van der Waals surface area contributed by atoms with E-state index in [9.17, 15) is 4.79 Å². The predicted octanol–water partition coefficient (Wildman–Crippen LogP) is 5.59. The second-order valence-corrected chi connectivity index (χ2v) is 9.59. The summed E-state index contributed by atoms with van der Waals surface area (Å²) < 4.78 is 7.73. The second kappa shape index (κ2) is 6.10. The molecule has 0 atom stereocenters. The standard InChI is InChI=1S/C22H28ClNO2/c1-21(2)20(22(21,3)4)19(25)17-13-24(12-14-7-9-26-10-8-14)18-11-15(23)5-6-16(17)18/h5-6,11,13-14,20H,7-10,12H2,1-4H3. The monoisotopic (exact) mass is 373 g/mol. The summed E-state index contributed by atoms with van der Waals surface area (Å²) in [7, 11) is 0. The molecular formula is C22H28ClNO2. The van der Waals surface area contributed by atoms with Crippen molar-refractivity contribution in [1.82, 2.24) is 4.57 Å². The fourth-order valence-corrected chi connectivity index (χ4v) is 4.99. The molecule has 1 saturated carbocycles. The topological polar surface area (TPSA) is 31.2 Å². The van der Waals surface area contributed by atoms with Gasteiger partial charge in [0.05, 0.1) is 5.52 Å². The Labute approximate surface area is 160 Å². The minimum atomic E-state index is 0.0473. The molecule has 1 saturated heterocycles. The van der Waals surface area contributed by atoms with Gasteiger partial charge in [0, 0.05) is 47.8 Å². The van der Waals surface area contributed by atoms with Gasteiger partial charge in [-0.3, -0.25) is 4.79 Å². The summed E-state index contributed by atoms with van der Waals surface area (Å²) >= 11 is 6.27. The number of hydrogen-bond acceptors (Lipinski definition) is 2. The van der Waals surface area contributed by atoms with Crippen molar-refractivity contribution in [3.63, 3.8) is 0 Å². The maximum atomic E-state index is 13.4. The number of carbonyl (C=O) groups excluding carboxylic acids is 1. The van der Waals surface area contributed by atoms with E-state index in [2.05, 4.69) is 38.5 Å². The first-order valence-corrected chi connectivity index (χ1v) is 10.0. The van der Waals surface area contributed by atoms with Crippen molar-refractivity contribution in [3.05, 3.63) is 35.0 Å². The van der Waals surface area contributed by atoms with Crippen molar-refractivity contribution in [2.24, 2.45) is 22.7 Å². The smallest absolute Gasteiger partial charge is 0.169 e. The Balaban J connectivity index is 1.72. The molecule has 4 rings (SSSR count). The van der Waals surface area contributed by atoms with Gasteiger partial charge in [0.2, 0.25) is 0 Å². The molecule has 1 aromatic heterocycles. The lowest BCUT2D eigenvalue weighted by Gasteiger charge is -2.22. The molecule has 2 aliphatic rings. The lowest BCUT2D eigenvalue weighted by Crippen LogP contribution is -2.20. The predicted molar refractivity (Wildman–Crippen MR) is 106 cm³/mol. The van der Waals surface area contributed by atoms with Crippen molar-refractivity contribution in [3.8, 4) is 0 Å². The Morgan fingerprint density at radius 3 is 2.46 bits per heavy atom. The van der Waals surface area contributed by atoms with E-state index >= 15 is 0 Å². The van der Waals surface area contributed by atoms with Crippen LogP contribution in [0.15, 0.2) is 24.4 Å². The molecule has 4 heteroatoms. The average molecular weight is 374 g/mol. The lowest BCUT2D eigenvalue weighted by molar-refractivity contribution is 0.0616. The number of hydrogen-bond donors (Lipinski definition) is 0. The van der Waals surface area contributed by atoms with Crippen LogP contribution in [-0.4, -0.2) is 23.6 Å². The number of Topliss-reactive ketones (excluding diaryl/α,β-unsaturated/α-hetero) is 1. The van der Waals surface area contributed by atoms with Crippen molar-refractivity contribution < 1.29 is 9.53 Å². The van der Waals surface area contributed by atoms with E-state index in [4.69, 9.17) is 16.3 Å². The number of aromatic nitrogens is 1. The van der Waals surface area contributed by atoms with Gasteiger partial charge in [0.1, 0.15) is 0 Å². The quantitative estimate of drug-likeness (QED) is 0.654. The van der Waals surface area contributed by atoms with Gasteiger partial charge >= 0.3 is 0 Å². The molecule has 3 nitrogen and oxygen atoms in total. The van der Waals surface area contributed by atoms with Crippen LogP contribution in [0.25, 0.3) is 10.9 Å². The van der Waals surface area contributed by atoms with Crippen LogP contribution in [0.5, 0.6) is 0 Å². The molecule has 0 amide bonds. The van der Waals surface area contributed by atoms with E-state index in [1.165, 1.54) is 0 Å². The van der Waals surface area contributed by atoms with Crippen LogP contribution in [0.4, 0.5) is 0 Å². The highest BCUT2D eigenvalue weighted by Gasteiger charge is 2.68. The number of ketones is 1.